The molecule has 0 saturated carbocycles. The van der Waals surface area contributed by atoms with E-state index in [-0.39, 0.29) is 36.6 Å². The molecular formula is C16H20N4O3. The number of hydrogen-bond acceptors (Lipinski definition) is 5. The van der Waals surface area contributed by atoms with Gasteiger partial charge in [-0.05, 0) is 31.9 Å². The van der Waals surface area contributed by atoms with Crippen molar-refractivity contribution in [2.75, 3.05) is 6.61 Å². The average Bonchev–Trinajstić information content (AvgIpc) is 3.09. The first-order valence-electron chi connectivity index (χ1n) is 7.88. The van der Waals surface area contributed by atoms with E-state index < -0.39 is 0 Å². The second-order valence-corrected chi connectivity index (χ2v) is 5.79. The molecule has 1 aliphatic heterocycles. The number of nitrogens with one attached hydrogen (secondary N) is 1. The van der Waals surface area contributed by atoms with Crippen molar-refractivity contribution in [2.24, 2.45) is 0 Å². The van der Waals surface area contributed by atoms with Gasteiger partial charge in [0.05, 0.1) is 24.1 Å². The molecule has 2 heterocycles. The van der Waals surface area contributed by atoms with Gasteiger partial charge < -0.3 is 10.1 Å². The van der Waals surface area contributed by atoms with Gasteiger partial charge in [-0.25, -0.2) is 4.68 Å². The number of carbonyl (C=O) groups is 1. The van der Waals surface area contributed by atoms with Crippen molar-refractivity contribution in [3.8, 4) is 0 Å². The lowest BCUT2D eigenvalue weighted by molar-refractivity contribution is -0.122. The van der Waals surface area contributed by atoms with Crippen LogP contribution in [0.1, 0.15) is 26.2 Å². The molecule has 2 aromatic rings. The normalized spacial score (nSPS) is 18.9. The zero-order chi connectivity index (χ0) is 16.2. The summed E-state index contributed by atoms with van der Waals surface area (Å²) < 4.78 is 6.79. The quantitative estimate of drug-likeness (QED) is 0.884. The van der Waals surface area contributed by atoms with Crippen LogP contribution in [0.25, 0.3) is 10.9 Å². The van der Waals surface area contributed by atoms with Crippen molar-refractivity contribution < 1.29 is 9.53 Å². The van der Waals surface area contributed by atoms with Crippen LogP contribution in [-0.2, 0) is 16.1 Å². The lowest BCUT2D eigenvalue weighted by Crippen LogP contribution is -2.41. The van der Waals surface area contributed by atoms with Gasteiger partial charge in [0, 0.05) is 13.0 Å². The fourth-order valence-corrected chi connectivity index (χ4v) is 2.79. The van der Waals surface area contributed by atoms with Crippen molar-refractivity contribution in [3.05, 3.63) is 34.6 Å². The molecule has 0 radical (unpaired) electrons. The van der Waals surface area contributed by atoms with Crippen LogP contribution in [0.15, 0.2) is 29.1 Å². The fourth-order valence-electron chi connectivity index (χ4n) is 2.79. The fraction of sp³-hybridized carbons (Fsp3) is 0.500. The van der Waals surface area contributed by atoms with E-state index in [1.807, 2.05) is 6.92 Å². The van der Waals surface area contributed by atoms with Crippen molar-refractivity contribution in [1.29, 1.82) is 0 Å². The summed E-state index contributed by atoms with van der Waals surface area (Å²) in [5, 5.41) is 11.3. The Morgan fingerprint density at radius 2 is 2.30 bits per heavy atom. The highest BCUT2D eigenvalue weighted by Gasteiger charge is 2.23. The number of nitrogens with zero attached hydrogens (tertiary/aromatic N) is 3. The zero-order valence-electron chi connectivity index (χ0n) is 13.1. The third-order valence-corrected chi connectivity index (χ3v) is 4.09. The van der Waals surface area contributed by atoms with E-state index >= 15 is 0 Å². The molecule has 1 N–H and O–H groups in total. The van der Waals surface area contributed by atoms with Crippen molar-refractivity contribution in [2.45, 2.75) is 44.9 Å². The van der Waals surface area contributed by atoms with Gasteiger partial charge in [-0.2, -0.15) is 0 Å². The van der Waals surface area contributed by atoms with Crippen LogP contribution >= 0.6 is 0 Å². The van der Waals surface area contributed by atoms with Crippen LogP contribution < -0.4 is 10.9 Å². The van der Waals surface area contributed by atoms with Crippen molar-refractivity contribution in [1.82, 2.24) is 20.3 Å². The monoisotopic (exact) mass is 316 g/mol. The number of amides is 1. The minimum absolute atomic E-state index is 0.0237. The predicted molar refractivity (Wildman–Crippen MR) is 85.0 cm³/mol. The van der Waals surface area contributed by atoms with Crippen LogP contribution in [0.4, 0.5) is 0 Å². The number of aromatic nitrogens is 3. The molecular weight excluding hydrogens is 296 g/mol. The molecule has 122 valence electrons. The second-order valence-electron chi connectivity index (χ2n) is 5.79. The number of aryl methyl sites for hydroxylation is 1. The first-order valence-corrected chi connectivity index (χ1v) is 7.88. The molecule has 3 rings (SSSR count). The maximum absolute atomic E-state index is 12.3. The highest BCUT2D eigenvalue weighted by molar-refractivity contribution is 5.77. The molecule has 7 heteroatoms. The number of carbonyl (C=O) groups excluding carboxylic acids is 1. The van der Waals surface area contributed by atoms with Crippen LogP contribution in [0.3, 0.4) is 0 Å². The zero-order valence-corrected chi connectivity index (χ0v) is 13.1. The van der Waals surface area contributed by atoms with Gasteiger partial charge in [-0.1, -0.05) is 17.3 Å². The summed E-state index contributed by atoms with van der Waals surface area (Å²) >= 11 is 0. The molecule has 0 bridgehead atoms. The third-order valence-electron chi connectivity index (χ3n) is 4.09. The first-order chi connectivity index (χ1) is 11.1. The molecule has 0 unspecified atom stereocenters. The molecule has 1 amide bonds. The van der Waals surface area contributed by atoms with E-state index in [4.69, 9.17) is 4.74 Å². The van der Waals surface area contributed by atoms with Crippen LogP contribution in [0.2, 0.25) is 0 Å². The molecule has 1 aliphatic rings. The van der Waals surface area contributed by atoms with Crippen molar-refractivity contribution in [3.63, 3.8) is 0 Å². The number of hydrogen-bond donors (Lipinski definition) is 1. The summed E-state index contributed by atoms with van der Waals surface area (Å²) in [7, 11) is 0. The van der Waals surface area contributed by atoms with Crippen LogP contribution in [0.5, 0.6) is 0 Å². The summed E-state index contributed by atoms with van der Waals surface area (Å²) in [6, 6.07) is 7.02. The maximum atomic E-state index is 12.3. The molecule has 1 fully saturated rings. The Balaban J connectivity index is 1.60. The minimum atomic E-state index is -0.226. The summed E-state index contributed by atoms with van der Waals surface area (Å²) in [5.74, 6) is -0.116. The van der Waals surface area contributed by atoms with E-state index in [9.17, 15) is 9.59 Å². The molecule has 1 aromatic heterocycles. The predicted octanol–water partition coefficient (Wildman–Crippen LogP) is 0.865. The number of rotatable bonds is 5. The van der Waals surface area contributed by atoms with E-state index in [1.54, 1.807) is 24.3 Å². The van der Waals surface area contributed by atoms with Crippen molar-refractivity contribution >= 4 is 16.8 Å². The van der Waals surface area contributed by atoms with E-state index in [0.29, 0.717) is 10.9 Å². The number of benzene rings is 1. The second kappa shape index (κ2) is 6.87. The lowest BCUT2D eigenvalue weighted by atomic mass is 10.1. The molecule has 1 saturated heterocycles. The first kappa shape index (κ1) is 15.6. The summed E-state index contributed by atoms with van der Waals surface area (Å²) in [4.78, 5) is 24.3. The Morgan fingerprint density at radius 3 is 3.09 bits per heavy atom. The van der Waals surface area contributed by atoms with E-state index in [0.717, 1.165) is 19.4 Å². The molecule has 1 aromatic carbocycles. The topological polar surface area (TPSA) is 86.1 Å². The van der Waals surface area contributed by atoms with Gasteiger partial charge in [0.25, 0.3) is 5.56 Å². The smallest absolute Gasteiger partial charge is 0.277 e. The summed E-state index contributed by atoms with van der Waals surface area (Å²) in [5.41, 5.74) is 0.334. The average molecular weight is 316 g/mol. The molecule has 0 aliphatic carbocycles. The van der Waals surface area contributed by atoms with Gasteiger partial charge in [-0.3, -0.25) is 9.59 Å². The molecule has 2 atom stereocenters. The third kappa shape index (κ3) is 3.56. The maximum Gasteiger partial charge on any atom is 0.277 e. The Hall–Kier alpha value is -2.28. The van der Waals surface area contributed by atoms with Gasteiger partial charge in [0.1, 0.15) is 5.52 Å². The van der Waals surface area contributed by atoms with Gasteiger partial charge in [-0.15, -0.1) is 5.10 Å². The van der Waals surface area contributed by atoms with Crippen LogP contribution in [0, 0.1) is 0 Å². The Kier molecular flexibility index (Phi) is 4.66. The SMILES string of the molecule is C[C@H](NC(=O)CCn1nnc2ccccc2c1=O)[C@@H]1CCCO1. The largest absolute Gasteiger partial charge is 0.376 e. The lowest BCUT2D eigenvalue weighted by Gasteiger charge is -2.19. The summed E-state index contributed by atoms with van der Waals surface area (Å²) in [6.07, 6.45) is 2.27. The summed E-state index contributed by atoms with van der Waals surface area (Å²) in [6.45, 7) is 2.91. The number of ether oxygens (including phenoxy) is 1. The Bertz CT molecular complexity index is 752. The highest BCUT2D eigenvalue weighted by Crippen LogP contribution is 2.15. The standard InChI is InChI=1S/C16H20N4O3/c1-11(14-7-4-10-23-14)17-15(21)8-9-20-16(22)12-5-2-3-6-13(12)18-19-20/h2-3,5-6,11,14H,4,7-10H2,1H3,(H,17,21)/t11-,14-/m0/s1. The Morgan fingerprint density at radius 1 is 1.48 bits per heavy atom. The number of fused-ring (bicyclic) bond motifs is 1. The van der Waals surface area contributed by atoms with Gasteiger partial charge in [0.15, 0.2) is 0 Å². The highest BCUT2D eigenvalue weighted by atomic mass is 16.5. The minimum Gasteiger partial charge on any atom is -0.376 e. The van der Waals surface area contributed by atoms with Gasteiger partial charge in [0.2, 0.25) is 5.91 Å². The van der Waals surface area contributed by atoms with E-state index in [2.05, 4.69) is 15.6 Å². The molecule has 7 nitrogen and oxygen atoms in total. The molecule has 0 spiro atoms. The van der Waals surface area contributed by atoms with Crippen LogP contribution in [-0.4, -0.2) is 39.7 Å². The Labute approximate surface area is 133 Å². The van der Waals surface area contributed by atoms with E-state index in [1.165, 1.54) is 4.68 Å². The molecule has 23 heavy (non-hydrogen) atoms. The van der Waals surface area contributed by atoms with Gasteiger partial charge >= 0.3 is 0 Å².